The predicted molar refractivity (Wildman–Crippen MR) is 90.5 cm³/mol. The molecule has 0 aromatic heterocycles. The van der Waals surface area contributed by atoms with E-state index in [1.165, 1.54) is 6.07 Å². The summed E-state index contributed by atoms with van der Waals surface area (Å²) in [6.45, 7) is 2.05. The summed E-state index contributed by atoms with van der Waals surface area (Å²) in [5.74, 6) is -0.280. The third-order valence-corrected chi connectivity index (χ3v) is 4.76. The topological polar surface area (TPSA) is 0 Å². The van der Waals surface area contributed by atoms with Crippen LogP contribution in [0.25, 0.3) is 10.8 Å². The van der Waals surface area contributed by atoms with E-state index in [2.05, 4.69) is 47.1 Å². The molecule has 106 valence electrons. The van der Waals surface area contributed by atoms with E-state index < -0.39 is 0 Å². The van der Waals surface area contributed by atoms with Gasteiger partial charge in [-0.2, -0.15) is 0 Å². The molecule has 1 unspecified atom stereocenters. The fourth-order valence-electron chi connectivity index (χ4n) is 2.58. The van der Waals surface area contributed by atoms with E-state index in [0.29, 0.717) is 4.47 Å². The Kier molecular flexibility index (Phi) is 4.01. The fraction of sp³-hybridized carbons (Fsp3) is 0.111. The first-order chi connectivity index (χ1) is 10.1. The summed E-state index contributed by atoms with van der Waals surface area (Å²) in [5, 5.41) is 1.98. The van der Waals surface area contributed by atoms with Gasteiger partial charge in [-0.15, -0.1) is 11.6 Å². The van der Waals surface area contributed by atoms with Gasteiger partial charge in [-0.3, -0.25) is 0 Å². The van der Waals surface area contributed by atoms with Gasteiger partial charge in [-0.25, -0.2) is 4.39 Å². The molecule has 0 bridgehead atoms. The molecule has 0 nitrogen and oxygen atoms in total. The van der Waals surface area contributed by atoms with Gasteiger partial charge in [0.05, 0.1) is 9.85 Å². The Labute approximate surface area is 136 Å². The minimum Gasteiger partial charge on any atom is -0.206 e. The van der Waals surface area contributed by atoms with Gasteiger partial charge in [0.25, 0.3) is 0 Å². The average Bonchev–Trinajstić information content (AvgIpc) is 2.49. The second-order valence-electron chi connectivity index (χ2n) is 5.05. The van der Waals surface area contributed by atoms with Gasteiger partial charge < -0.3 is 0 Å². The zero-order chi connectivity index (χ0) is 15.0. The van der Waals surface area contributed by atoms with Crippen molar-refractivity contribution < 1.29 is 4.39 Å². The number of aryl methyl sites for hydroxylation is 1. The van der Waals surface area contributed by atoms with Crippen LogP contribution >= 0.6 is 27.5 Å². The molecule has 0 spiro atoms. The molecule has 0 heterocycles. The summed E-state index contributed by atoms with van der Waals surface area (Å²) in [6, 6.07) is 17.3. The molecule has 3 rings (SSSR count). The van der Waals surface area contributed by atoms with E-state index in [1.54, 1.807) is 12.1 Å². The number of alkyl halides is 1. The lowest BCUT2D eigenvalue weighted by atomic mass is 9.94. The van der Waals surface area contributed by atoms with Crippen LogP contribution in [-0.2, 0) is 0 Å². The lowest BCUT2D eigenvalue weighted by molar-refractivity contribution is 0.620. The van der Waals surface area contributed by atoms with Crippen LogP contribution in [0, 0.1) is 12.7 Å². The monoisotopic (exact) mass is 362 g/mol. The maximum absolute atomic E-state index is 13.4. The van der Waals surface area contributed by atoms with Crippen molar-refractivity contribution in [2.45, 2.75) is 12.3 Å². The molecular formula is C18H13BrClF. The minimum atomic E-state index is -0.312. The molecule has 0 aliphatic heterocycles. The van der Waals surface area contributed by atoms with Crippen molar-refractivity contribution in [1.29, 1.82) is 0 Å². The van der Waals surface area contributed by atoms with Crippen LogP contribution in [0.1, 0.15) is 22.1 Å². The number of rotatable bonds is 2. The highest BCUT2D eigenvalue weighted by Crippen LogP contribution is 2.37. The highest BCUT2D eigenvalue weighted by atomic mass is 79.9. The summed E-state index contributed by atoms with van der Waals surface area (Å²) >= 11 is 9.92. The Balaban J connectivity index is 2.19. The number of benzene rings is 3. The SMILES string of the molecule is Cc1ccc2ccccc2c1C(Cl)c1ccc(F)c(Br)c1. The van der Waals surface area contributed by atoms with Crippen molar-refractivity contribution in [2.75, 3.05) is 0 Å². The summed E-state index contributed by atoms with van der Waals surface area (Å²) < 4.78 is 13.8. The largest absolute Gasteiger partial charge is 0.206 e. The first-order valence-corrected chi connectivity index (χ1v) is 7.88. The van der Waals surface area contributed by atoms with Crippen LogP contribution in [0.2, 0.25) is 0 Å². The third kappa shape index (κ3) is 2.70. The molecule has 0 aliphatic rings. The standard InChI is InChI=1S/C18H13BrClF/c1-11-6-7-12-4-2-3-5-14(12)17(11)18(20)13-8-9-16(21)15(19)10-13/h2-10,18H,1H3. The summed E-state index contributed by atoms with van der Waals surface area (Å²) in [7, 11) is 0. The van der Waals surface area contributed by atoms with E-state index in [0.717, 1.165) is 27.5 Å². The van der Waals surface area contributed by atoms with E-state index >= 15 is 0 Å². The van der Waals surface area contributed by atoms with Crippen molar-refractivity contribution in [3.63, 3.8) is 0 Å². The minimum absolute atomic E-state index is 0.280. The molecular weight excluding hydrogens is 351 g/mol. The maximum atomic E-state index is 13.4. The Morgan fingerprint density at radius 3 is 2.57 bits per heavy atom. The van der Waals surface area contributed by atoms with E-state index in [9.17, 15) is 4.39 Å². The second kappa shape index (κ2) is 5.78. The normalized spacial score (nSPS) is 12.6. The first kappa shape index (κ1) is 14.6. The molecule has 0 aliphatic carbocycles. The summed E-state index contributed by atoms with van der Waals surface area (Å²) in [4.78, 5) is 0. The van der Waals surface area contributed by atoms with Gasteiger partial charge in [0, 0.05) is 0 Å². The average molecular weight is 364 g/mol. The van der Waals surface area contributed by atoms with Crippen molar-refractivity contribution in [1.82, 2.24) is 0 Å². The zero-order valence-electron chi connectivity index (χ0n) is 11.4. The molecule has 0 saturated carbocycles. The van der Waals surface area contributed by atoms with Gasteiger partial charge in [0.1, 0.15) is 5.82 Å². The van der Waals surface area contributed by atoms with Crippen molar-refractivity contribution in [3.8, 4) is 0 Å². The Morgan fingerprint density at radius 2 is 1.81 bits per heavy atom. The highest BCUT2D eigenvalue weighted by Gasteiger charge is 2.17. The van der Waals surface area contributed by atoms with Crippen LogP contribution in [0.3, 0.4) is 0 Å². The van der Waals surface area contributed by atoms with Gasteiger partial charge in [-0.05, 0) is 62.4 Å². The van der Waals surface area contributed by atoms with Crippen molar-refractivity contribution in [2.24, 2.45) is 0 Å². The highest BCUT2D eigenvalue weighted by molar-refractivity contribution is 9.10. The molecule has 0 saturated heterocycles. The van der Waals surface area contributed by atoms with Gasteiger partial charge >= 0.3 is 0 Å². The fourth-order valence-corrected chi connectivity index (χ4v) is 3.40. The van der Waals surface area contributed by atoms with Crippen molar-refractivity contribution in [3.05, 3.63) is 81.6 Å². The molecule has 0 radical (unpaired) electrons. The predicted octanol–water partition coefficient (Wildman–Crippen LogP) is 6.38. The lowest BCUT2D eigenvalue weighted by Crippen LogP contribution is -1.98. The van der Waals surface area contributed by atoms with Crippen LogP contribution in [0.5, 0.6) is 0 Å². The third-order valence-electron chi connectivity index (χ3n) is 3.68. The van der Waals surface area contributed by atoms with Crippen LogP contribution < -0.4 is 0 Å². The molecule has 3 aromatic carbocycles. The smallest absolute Gasteiger partial charge is 0.137 e. The molecule has 1 atom stereocenters. The Morgan fingerprint density at radius 1 is 1.05 bits per heavy atom. The van der Waals surface area contributed by atoms with Crippen LogP contribution in [0.4, 0.5) is 4.39 Å². The van der Waals surface area contributed by atoms with E-state index in [4.69, 9.17) is 11.6 Å². The molecule has 21 heavy (non-hydrogen) atoms. The second-order valence-corrected chi connectivity index (χ2v) is 6.34. The van der Waals surface area contributed by atoms with E-state index in [-0.39, 0.29) is 11.2 Å². The number of halogens is 3. The van der Waals surface area contributed by atoms with Gasteiger partial charge in [0.2, 0.25) is 0 Å². The number of hydrogen-bond donors (Lipinski definition) is 0. The van der Waals surface area contributed by atoms with Crippen molar-refractivity contribution >= 4 is 38.3 Å². The maximum Gasteiger partial charge on any atom is 0.137 e. The number of fused-ring (bicyclic) bond motifs is 1. The number of hydrogen-bond acceptors (Lipinski definition) is 0. The molecule has 0 amide bonds. The van der Waals surface area contributed by atoms with Crippen LogP contribution in [-0.4, -0.2) is 0 Å². The van der Waals surface area contributed by atoms with E-state index in [1.807, 2.05) is 12.1 Å². The first-order valence-electron chi connectivity index (χ1n) is 6.65. The quantitative estimate of drug-likeness (QED) is 0.463. The summed E-state index contributed by atoms with van der Waals surface area (Å²) in [6.07, 6.45) is 0. The Bertz CT molecular complexity index is 813. The lowest BCUT2D eigenvalue weighted by Gasteiger charge is -2.17. The summed E-state index contributed by atoms with van der Waals surface area (Å²) in [5.41, 5.74) is 3.09. The van der Waals surface area contributed by atoms with Crippen LogP contribution in [0.15, 0.2) is 59.1 Å². The van der Waals surface area contributed by atoms with Gasteiger partial charge in [0.15, 0.2) is 0 Å². The molecule has 3 aromatic rings. The van der Waals surface area contributed by atoms with Gasteiger partial charge in [-0.1, -0.05) is 42.5 Å². The Hall–Kier alpha value is -1.38. The molecule has 0 fully saturated rings. The zero-order valence-corrected chi connectivity index (χ0v) is 13.7. The molecule has 3 heteroatoms. The molecule has 0 N–H and O–H groups in total.